The number of para-hydroxylation sites is 1. The molecule has 172 valence electrons. The minimum absolute atomic E-state index is 0.0830. The number of nitrogens with zero attached hydrogens (tertiary/aromatic N) is 2. The summed E-state index contributed by atoms with van der Waals surface area (Å²) in [6.45, 7) is 3.76. The van der Waals surface area contributed by atoms with Gasteiger partial charge in [-0.15, -0.1) is 0 Å². The van der Waals surface area contributed by atoms with E-state index in [1.54, 1.807) is 12.1 Å². The molecule has 7 nitrogen and oxygen atoms in total. The molecule has 1 heterocycles. The molecule has 7 heteroatoms. The zero-order valence-corrected chi connectivity index (χ0v) is 18.6. The van der Waals surface area contributed by atoms with Crippen molar-refractivity contribution in [2.45, 2.75) is 57.9 Å². The number of aromatic nitrogens is 1. The largest absolute Gasteiger partial charge is 0.508 e. The first-order valence-corrected chi connectivity index (χ1v) is 11.4. The van der Waals surface area contributed by atoms with Gasteiger partial charge >= 0.3 is 11.9 Å². The Hall–Kier alpha value is -2.93. The molecule has 2 N–H and O–H groups in total. The summed E-state index contributed by atoms with van der Waals surface area (Å²) in [6.07, 6.45) is 5.42. The summed E-state index contributed by atoms with van der Waals surface area (Å²) in [6, 6.07) is 11.0. The molecule has 1 aromatic carbocycles. The van der Waals surface area contributed by atoms with E-state index in [0.717, 1.165) is 62.0 Å². The van der Waals surface area contributed by atoms with E-state index in [9.17, 15) is 19.8 Å². The molecule has 0 spiro atoms. The lowest BCUT2D eigenvalue weighted by atomic mass is 9.89. The van der Waals surface area contributed by atoms with Gasteiger partial charge in [0.05, 0.1) is 6.61 Å². The quantitative estimate of drug-likeness (QED) is 0.400. The van der Waals surface area contributed by atoms with Crippen LogP contribution in [-0.2, 0) is 22.4 Å². The van der Waals surface area contributed by atoms with Gasteiger partial charge < -0.3 is 14.9 Å². The van der Waals surface area contributed by atoms with Crippen molar-refractivity contribution in [1.82, 2.24) is 9.88 Å². The Morgan fingerprint density at radius 3 is 2.72 bits per heavy atom. The van der Waals surface area contributed by atoms with Crippen LogP contribution in [-0.4, -0.2) is 51.7 Å². The smallest absolute Gasteiger partial charge is 0.354 e. The summed E-state index contributed by atoms with van der Waals surface area (Å²) in [4.78, 5) is 29.8. The second-order valence-electron chi connectivity index (χ2n) is 8.12. The first kappa shape index (κ1) is 23.7. The van der Waals surface area contributed by atoms with Gasteiger partial charge in [0.25, 0.3) is 0 Å². The number of unbranched alkanes of at least 4 members (excludes halogenated alkanes) is 1. The van der Waals surface area contributed by atoms with Gasteiger partial charge in [-0.25, -0.2) is 9.78 Å². The van der Waals surface area contributed by atoms with Gasteiger partial charge in [0.1, 0.15) is 11.4 Å². The molecule has 0 bridgehead atoms. The summed E-state index contributed by atoms with van der Waals surface area (Å²) in [5, 5.41) is 19.5. The number of rotatable bonds is 11. The molecule has 2 aromatic rings. The van der Waals surface area contributed by atoms with Crippen LogP contribution in [0.25, 0.3) is 0 Å². The average Bonchev–Trinajstić information content (AvgIpc) is 2.79. The Morgan fingerprint density at radius 2 is 1.97 bits per heavy atom. The zero-order chi connectivity index (χ0) is 22.9. The van der Waals surface area contributed by atoms with Crippen LogP contribution in [0.3, 0.4) is 0 Å². The van der Waals surface area contributed by atoms with E-state index in [1.807, 2.05) is 31.2 Å². The number of aryl methyl sites for hydroxylation is 1. The molecular formula is C25H32N2O5. The molecule has 1 aromatic heterocycles. The lowest BCUT2D eigenvalue weighted by Gasteiger charge is -2.36. The molecule has 32 heavy (non-hydrogen) atoms. The van der Waals surface area contributed by atoms with Crippen LogP contribution in [0.5, 0.6) is 5.75 Å². The summed E-state index contributed by atoms with van der Waals surface area (Å²) < 4.78 is 5.02. The number of fused-ring (bicyclic) bond motifs is 1. The number of ether oxygens (including phenoxy) is 1. The molecule has 3 rings (SSSR count). The van der Waals surface area contributed by atoms with E-state index < -0.39 is 5.97 Å². The van der Waals surface area contributed by atoms with Crippen molar-refractivity contribution in [3.05, 3.63) is 58.9 Å². The summed E-state index contributed by atoms with van der Waals surface area (Å²) in [7, 11) is 0. The maximum Gasteiger partial charge on any atom is 0.354 e. The molecule has 0 fully saturated rings. The molecule has 1 atom stereocenters. The van der Waals surface area contributed by atoms with Gasteiger partial charge in [-0.2, -0.15) is 0 Å². The molecule has 1 aliphatic rings. The van der Waals surface area contributed by atoms with Gasteiger partial charge in [0.2, 0.25) is 0 Å². The van der Waals surface area contributed by atoms with Crippen LogP contribution in [0.1, 0.15) is 72.4 Å². The number of carboxylic acids is 1. The number of phenols is 1. The summed E-state index contributed by atoms with van der Waals surface area (Å²) >= 11 is 0. The van der Waals surface area contributed by atoms with Crippen LogP contribution in [0.15, 0.2) is 36.4 Å². The summed E-state index contributed by atoms with van der Waals surface area (Å²) in [5.74, 6) is -0.876. The number of hydrogen-bond donors (Lipinski definition) is 2. The number of carboxylic acid groups (broad SMARTS) is 1. The molecule has 0 saturated carbocycles. The Labute approximate surface area is 189 Å². The number of aromatic carboxylic acids is 1. The van der Waals surface area contributed by atoms with Gasteiger partial charge in [0.15, 0.2) is 0 Å². The topological polar surface area (TPSA) is 100.0 Å². The fraction of sp³-hybridized carbons (Fsp3) is 0.480. The third-order valence-corrected chi connectivity index (χ3v) is 5.96. The highest BCUT2D eigenvalue weighted by molar-refractivity contribution is 5.85. The number of aromatic hydroxyl groups is 1. The van der Waals surface area contributed by atoms with Crippen molar-refractivity contribution in [2.24, 2.45) is 0 Å². The predicted octanol–water partition coefficient (Wildman–Crippen LogP) is 4.14. The van der Waals surface area contributed by atoms with E-state index >= 15 is 0 Å². The number of pyridine rings is 1. The van der Waals surface area contributed by atoms with Crippen molar-refractivity contribution < 1.29 is 24.5 Å². The Kier molecular flexibility index (Phi) is 8.62. The maximum absolute atomic E-state index is 11.7. The van der Waals surface area contributed by atoms with E-state index in [0.29, 0.717) is 25.2 Å². The van der Waals surface area contributed by atoms with E-state index in [4.69, 9.17) is 4.74 Å². The molecule has 0 amide bonds. The van der Waals surface area contributed by atoms with E-state index in [2.05, 4.69) is 9.88 Å². The van der Waals surface area contributed by atoms with Crippen molar-refractivity contribution >= 4 is 11.9 Å². The number of carbonyl (C=O) groups excluding carboxylic acids is 1. The molecule has 0 saturated heterocycles. The molecule has 1 unspecified atom stereocenters. The van der Waals surface area contributed by atoms with Gasteiger partial charge in [0, 0.05) is 24.7 Å². The van der Waals surface area contributed by atoms with Crippen molar-refractivity contribution in [1.29, 1.82) is 0 Å². The van der Waals surface area contributed by atoms with Crippen LogP contribution in [0.4, 0.5) is 0 Å². The second-order valence-corrected chi connectivity index (χ2v) is 8.12. The summed E-state index contributed by atoms with van der Waals surface area (Å²) in [5.41, 5.74) is 2.93. The number of benzene rings is 1. The fourth-order valence-electron chi connectivity index (χ4n) is 4.36. The molecule has 0 radical (unpaired) electrons. The van der Waals surface area contributed by atoms with E-state index in [1.165, 1.54) is 0 Å². The Balaban J connectivity index is 1.73. The predicted molar refractivity (Wildman–Crippen MR) is 121 cm³/mol. The second kappa shape index (κ2) is 11.6. The SMILES string of the molecule is CCOC(=O)CCCCN(CCc1ccccc1O)C1CCCc2nc(C(=O)O)ccc21. The first-order chi connectivity index (χ1) is 15.5. The molecule has 0 aliphatic heterocycles. The Bertz CT molecular complexity index is 930. The Morgan fingerprint density at radius 1 is 1.16 bits per heavy atom. The van der Waals surface area contributed by atoms with Crippen molar-refractivity contribution in [3.8, 4) is 5.75 Å². The number of hydrogen-bond acceptors (Lipinski definition) is 6. The highest BCUT2D eigenvalue weighted by Gasteiger charge is 2.27. The molecule has 1 aliphatic carbocycles. The number of esters is 1. The highest BCUT2D eigenvalue weighted by atomic mass is 16.5. The van der Waals surface area contributed by atoms with Crippen LogP contribution in [0, 0.1) is 0 Å². The maximum atomic E-state index is 11.7. The van der Waals surface area contributed by atoms with Crippen molar-refractivity contribution in [2.75, 3.05) is 19.7 Å². The standard InChI is InChI=1S/C25H32N2O5/c1-2-32-24(29)12-5-6-16-27(17-15-18-8-3-4-11-23(18)28)22-10-7-9-20-19(22)13-14-21(26-20)25(30)31/h3-4,8,11,13-14,22,28H,2,5-7,9-10,12,15-17H2,1H3,(H,30,31). The minimum atomic E-state index is -1.01. The van der Waals surface area contributed by atoms with Gasteiger partial charge in [-0.1, -0.05) is 24.3 Å². The lowest BCUT2D eigenvalue weighted by Crippen LogP contribution is -2.34. The van der Waals surface area contributed by atoms with Gasteiger partial charge in [-0.3, -0.25) is 9.69 Å². The highest BCUT2D eigenvalue weighted by Crippen LogP contribution is 2.34. The third-order valence-electron chi connectivity index (χ3n) is 5.96. The first-order valence-electron chi connectivity index (χ1n) is 11.4. The fourth-order valence-corrected chi connectivity index (χ4v) is 4.36. The van der Waals surface area contributed by atoms with Crippen LogP contribution >= 0.6 is 0 Å². The lowest BCUT2D eigenvalue weighted by molar-refractivity contribution is -0.143. The number of carbonyl (C=O) groups is 2. The average molecular weight is 441 g/mol. The van der Waals surface area contributed by atoms with Gasteiger partial charge in [-0.05, 0) is 75.3 Å². The minimum Gasteiger partial charge on any atom is -0.508 e. The van der Waals surface area contributed by atoms with Crippen LogP contribution < -0.4 is 0 Å². The zero-order valence-electron chi connectivity index (χ0n) is 18.6. The van der Waals surface area contributed by atoms with Crippen molar-refractivity contribution in [3.63, 3.8) is 0 Å². The normalized spacial score (nSPS) is 15.4. The monoisotopic (exact) mass is 440 g/mol. The van der Waals surface area contributed by atoms with Crippen LogP contribution in [0.2, 0.25) is 0 Å². The molecular weight excluding hydrogens is 408 g/mol. The van der Waals surface area contributed by atoms with E-state index in [-0.39, 0.29) is 17.7 Å². The third kappa shape index (κ3) is 6.29. The number of phenolic OH excluding ortho intramolecular Hbond substituents is 1.